The van der Waals surface area contributed by atoms with E-state index in [1.807, 2.05) is 45.9 Å². The summed E-state index contributed by atoms with van der Waals surface area (Å²) in [5.74, 6) is 0. The summed E-state index contributed by atoms with van der Waals surface area (Å²) in [7, 11) is 0. The lowest BCUT2D eigenvalue weighted by molar-refractivity contribution is 0.0526. The number of hydrogen-bond donors (Lipinski definition) is 2. The number of rotatable bonds is 4. The van der Waals surface area contributed by atoms with Crippen molar-refractivity contribution in [3.8, 4) is 0 Å². The van der Waals surface area contributed by atoms with Gasteiger partial charge < -0.3 is 15.4 Å². The van der Waals surface area contributed by atoms with E-state index in [-0.39, 0.29) is 6.04 Å². The molecule has 20 heavy (non-hydrogen) atoms. The Bertz CT molecular complexity index is 475. The number of anilines is 1. The van der Waals surface area contributed by atoms with Gasteiger partial charge in [0, 0.05) is 16.2 Å². The second-order valence-electron chi connectivity index (χ2n) is 5.55. The third kappa shape index (κ3) is 6.65. The fraction of sp³-hybridized carbons (Fsp3) is 0.500. The van der Waals surface area contributed by atoms with E-state index >= 15 is 0 Å². The SMILES string of the molecule is CC(CNC(=O)OC(C)(C)C)Nc1ccc(I)cc1Cl. The quantitative estimate of drug-likeness (QED) is 0.729. The Hall–Kier alpha value is -0.690. The average Bonchev–Trinajstić information content (AvgIpc) is 2.28. The summed E-state index contributed by atoms with van der Waals surface area (Å²) in [6.07, 6.45) is -0.417. The number of amides is 1. The van der Waals surface area contributed by atoms with Gasteiger partial charge in [0.25, 0.3) is 0 Å². The summed E-state index contributed by atoms with van der Waals surface area (Å²) < 4.78 is 6.25. The van der Waals surface area contributed by atoms with E-state index in [0.717, 1.165) is 9.26 Å². The van der Waals surface area contributed by atoms with Gasteiger partial charge in [0.1, 0.15) is 5.60 Å². The Labute approximate surface area is 138 Å². The molecule has 0 saturated carbocycles. The largest absolute Gasteiger partial charge is 0.444 e. The maximum atomic E-state index is 11.5. The minimum Gasteiger partial charge on any atom is -0.444 e. The fourth-order valence-corrected chi connectivity index (χ4v) is 2.38. The molecule has 0 aromatic heterocycles. The molecule has 0 radical (unpaired) electrons. The van der Waals surface area contributed by atoms with Crippen LogP contribution in [0.4, 0.5) is 10.5 Å². The van der Waals surface area contributed by atoms with Crippen molar-refractivity contribution in [3.05, 3.63) is 26.8 Å². The highest BCUT2D eigenvalue weighted by atomic mass is 127. The lowest BCUT2D eigenvalue weighted by atomic mass is 10.2. The highest BCUT2D eigenvalue weighted by Gasteiger charge is 2.16. The molecule has 0 aliphatic heterocycles. The van der Waals surface area contributed by atoms with Crippen LogP contribution in [0.1, 0.15) is 27.7 Å². The Morgan fingerprint density at radius 2 is 2.10 bits per heavy atom. The molecule has 6 heteroatoms. The number of carbonyl (C=O) groups excluding carboxylic acids is 1. The number of nitrogens with one attached hydrogen (secondary N) is 2. The Kier molecular flexibility index (Phi) is 6.39. The molecule has 112 valence electrons. The molecule has 1 rings (SSSR count). The van der Waals surface area contributed by atoms with Crippen molar-refractivity contribution in [1.82, 2.24) is 5.32 Å². The van der Waals surface area contributed by atoms with Crippen LogP contribution >= 0.6 is 34.2 Å². The first-order valence-electron chi connectivity index (χ1n) is 6.36. The number of ether oxygens (including phenoxy) is 1. The van der Waals surface area contributed by atoms with Gasteiger partial charge in [-0.1, -0.05) is 11.6 Å². The molecule has 1 amide bonds. The van der Waals surface area contributed by atoms with Crippen molar-refractivity contribution in [1.29, 1.82) is 0 Å². The van der Waals surface area contributed by atoms with Crippen LogP contribution in [0.2, 0.25) is 5.02 Å². The molecule has 1 unspecified atom stereocenters. The standard InChI is InChI=1S/C14H20ClIN2O2/c1-9(8-17-13(19)20-14(2,3)4)18-12-6-5-10(16)7-11(12)15/h5-7,9,18H,8H2,1-4H3,(H,17,19). The van der Waals surface area contributed by atoms with Gasteiger partial charge in [-0.05, 0) is 68.5 Å². The molecule has 2 N–H and O–H groups in total. The zero-order valence-corrected chi connectivity index (χ0v) is 15.0. The van der Waals surface area contributed by atoms with E-state index in [0.29, 0.717) is 11.6 Å². The van der Waals surface area contributed by atoms with E-state index in [1.54, 1.807) is 0 Å². The van der Waals surface area contributed by atoms with E-state index in [9.17, 15) is 4.79 Å². The van der Waals surface area contributed by atoms with E-state index in [4.69, 9.17) is 16.3 Å². The van der Waals surface area contributed by atoms with Crippen molar-refractivity contribution in [2.24, 2.45) is 0 Å². The summed E-state index contributed by atoms with van der Waals surface area (Å²) in [6.45, 7) is 7.92. The first-order valence-corrected chi connectivity index (χ1v) is 7.81. The normalized spacial score (nSPS) is 12.7. The number of benzene rings is 1. The molecule has 4 nitrogen and oxygen atoms in total. The van der Waals surface area contributed by atoms with Gasteiger partial charge in [-0.25, -0.2) is 4.79 Å². The predicted octanol–water partition coefficient (Wildman–Crippen LogP) is 4.27. The summed E-state index contributed by atoms with van der Waals surface area (Å²) in [4.78, 5) is 11.5. The van der Waals surface area contributed by atoms with Crippen LogP contribution in [0.25, 0.3) is 0 Å². The van der Waals surface area contributed by atoms with Crippen LogP contribution in [-0.2, 0) is 4.74 Å². The van der Waals surface area contributed by atoms with Crippen molar-refractivity contribution in [2.75, 3.05) is 11.9 Å². The van der Waals surface area contributed by atoms with Gasteiger partial charge in [0.15, 0.2) is 0 Å². The zero-order valence-electron chi connectivity index (χ0n) is 12.1. The lowest BCUT2D eigenvalue weighted by Crippen LogP contribution is -2.38. The maximum Gasteiger partial charge on any atom is 0.407 e. The number of hydrogen-bond acceptors (Lipinski definition) is 3. The van der Waals surface area contributed by atoms with E-state index in [2.05, 4.69) is 33.2 Å². The predicted molar refractivity (Wildman–Crippen MR) is 91.5 cm³/mol. The van der Waals surface area contributed by atoms with Crippen LogP contribution in [0, 0.1) is 3.57 Å². The molecule has 0 bridgehead atoms. The van der Waals surface area contributed by atoms with Gasteiger partial charge in [-0.15, -0.1) is 0 Å². The second kappa shape index (κ2) is 7.36. The van der Waals surface area contributed by atoms with Crippen molar-refractivity contribution >= 4 is 46.0 Å². The van der Waals surface area contributed by atoms with Crippen molar-refractivity contribution in [2.45, 2.75) is 39.3 Å². The van der Waals surface area contributed by atoms with Crippen molar-refractivity contribution < 1.29 is 9.53 Å². The molecule has 0 spiro atoms. The third-order valence-electron chi connectivity index (χ3n) is 2.28. The lowest BCUT2D eigenvalue weighted by Gasteiger charge is -2.21. The summed E-state index contributed by atoms with van der Waals surface area (Å²) in [5, 5.41) is 6.64. The summed E-state index contributed by atoms with van der Waals surface area (Å²) >= 11 is 8.35. The molecule has 1 aromatic rings. The smallest absolute Gasteiger partial charge is 0.407 e. The molecule has 1 aromatic carbocycles. The third-order valence-corrected chi connectivity index (χ3v) is 3.27. The zero-order chi connectivity index (χ0) is 15.3. The molecule has 0 aliphatic carbocycles. The van der Waals surface area contributed by atoms with E-state index < -0.39 is 11.7 Å². The first-order chi connectivity index (χ1) is 9.17. The van der Waals surface area contributed by atoms with Crippen LogP contribution in [0.5, 0.6) is 0 Å². The van der Waals surface area contributed by atoms with Gasteiger partial charge in [-0.3, -0.25) is 0 Å². The summed E-state index contributed by atoms with van der Waals surface area (Å²) in [5.41, 5.74) is 0.366. The highest BCUT2D eigenvalue weighted by Crippen LogP contribution is 2.24. The molecular weight excluding hydrogens is 391 g/mol. The van der Waals surface area contributed by atoms with Gasteiger partial charge >= 0.3 is 6.09 Å². The fourth-order valence-electron chi connectivity index (χ4n) is 1.47. The van der Waals surface area contributed by atoms with Crippen LogP contribution in [0.15, 0.2) is 18.2 Å². The second-order valence-corrected chi connectivity index (χ2v) is 7.21. The topological polar surface area (TPSA) is 50.4 Å². The van der Waals surface area contributed by atoms with Crippen LogP contribution < -0.4 is 10.6 Å². The molecule has 0 aliphatic rings. The minimum atomic E-state index is -0.486. The molecular formula is C14H20ClIN2O2. The number of alkyl carbamates (subject to hydrolysis) is 1. The molecule has 0 fully saturated rings. The Morgan fingerprint density at radius 1 is 1.45 bits per heavy atom. The van der Waals surface area contributed by atoms with Crippen LogP contribution in [-0.4, -0.2) is 24.3 Å². The van der Waals surface area contributed by atoms with Gasteiger partial charge in [0.2, 0.25) is 0 Å². The monoisotopic (exact) mass is 410 g/mol. The van der Waals surface area contributed by atoms with E-state index in [1.165, 1.54) is 0 Å². The molecule has 0 heterocycles. The molecule has 0 saturated heterocycles. The highest BCUT2D eigenvalue weighted by molar-refractivity contribution is 14.1. The number of carbonyl (C=O) groups is 1. The maximum absolute atomic E-state index is 11.5. The minimum absolute atomic E-state index is 0.0417. The summed E-state index contributed by atoms with van der Waals surface area (Å²) in [6, 6.07) is 5.83. The van der Waals surface area contributed by atoms with Gasteiger partial charge in [0.05, 0.1) is 10.7 Å². The van der Waals surface area contributed by atoms with Crippen molar-refractivity contribution in [3.63, 3.8) is 0 Å². The molecule has 1 atom stereocenters. The average molecular weight is 411 g/mol. The Balaban J connectivity index is 2.44. The number of halogens is 2. The van der Waals surface area contributed by atoms with Gasteiger partial charge in [-0.2, -0.15) is 0 Å². The van der Waals surface area contributed by atoms with Crippen LogP contribution in [0.3, 0.4) is 0 Å². The first kappa shape index (κ1) is 17.4. The Morgan fingerprint density at radius 3 is 2.65 bits per heavy atom.